The molecule has 0 aliphatic carbocycles. The lowest BCUT2D eigenvalue weighted by molar-refractivity contribution is -0.135. The van der Waals surface area contributed by atoms with Gasteiger partial charge in [-0.2, -0.15) is 4.98 Å². The van der Waals surface area contributed by atoms with E-state index in [0.717, 1.165) is 109 Å². The smallest absolute Gasteiger partial charge is 0.347 e. The second-order valence-electron chi connectivity index (χ2n) is 23.4. The number of hydrogen-bond acceptors (Lipinski definition) is 14. The van der Waals surface area contributed by atoms with E-state index in [9.17, 15) is 28.4 Å². The lowest BCUT2D eigenvalue weighted by atomic mass is 9.96. The molecule has 5 aromatic rings. The van der Waals surface area contributed by atoms with Gasteiger partial charge in [-0.05, 0) is 120 Å². The predicted octanol–water partition coefficient (Wildman–Crippen LogP) is 7.00. The number of imide groups is 1. The molecule has 20 heteroatoms. The number of aromatic amines is 1. The maximum absolute atomic E-state index is 15.9. The second kappa shape index (κ2) is 27.7. The molecule has 8 heterocycles. The van der Waals surface area contributed by atoms with E-state index >= 15 is 4.39 Å². The van der Waals surface area contributed by atoms with E-state index in [1.165, 1.54) is 49.4 Å². The van der Waals surface area contributed by atoms with Crippen LogP contribution in [0, 0.1) is 29.9 Å². The number of rotatable bonds is 16. The Hall–Kier alpha value is -6.89. The highest BCUT2D eigenvalue weighted by molar-refractivity contribution is 6.05. The summed E-state index contributed by atoms with van der Waals surface area (Å²) in [6, 6.07) is 14.2. The minimum absolute atomic E-state index is 0.0150. The first kappa shape index (κ1) is 60.7. The summed E-state index contributed by atoms with van der Waals surface area (Å²) in [4.78, 5) is 83.0. The first-order valence-corrected chi connectivity index (χ1v) is 29.6. The third-order valence-corrected chi connectivity index (χ3v) is 17.7. The third-order valence-electron chi connectivity index (χ3n) is 17.7. The number of fused-ring (bicyclic) bond motifs is 3. The minimum atomic E-state index is -0.710. The van der Waals surface area contributed by atoms with Crippen LogP contribution in [0.1, 0.15) is 102 Å². The molecule has 0 bridgehead atoms. The van der Waals surface area contributed by atoms with E-state index in [1.54, 1.807) is 24.3 Å². The number of likely N-dealkylation sites (tertiary alicyclic amines) is 2. The topological polar surface area (TPSA) is 189 Å². The van der Waals surface area contributed by atoms with Crippen molar-refractivity contribution in [1.82, 2.24) is 40.3 Å². The zero-order valence-electron chi connectivity index (χ0n) is 48.8. The number of pyridine rings is 1. The molecule has 4 atom stereocenters. The lowest BCUT2D eigenvalue weighted by Crippen LogP contribution is -2.52. The summed E-state index contributed by atoms with van der Waals surface area (Å²) in [6.07, 6.45) is 21.0. The third kappa shape index (κ3) is 13.9. The van der Waals surface area contributed by atoms with E-state index in [4.69, 9.17) is 15.9 Å². The number of carbonyl (C=O) groups is 4. The van der Waals surface area contributed by atoms with Gasteiger partial charge in [0.15, 0.2) is 5.82 Å². The second-order valence-corrected chi connectivity index (χ2v) is 23.4. The highest BCUT2D eigenvalue weighted by Gasteiger charge is 2.45. The van der Waals surface area contributed by atoms with Crippen molar-refractivity contribution in [3.8, 4) is 23.6 Å². The molecule has 3 aromatic carbocycles. The van der Waals surface area contributed by atoms with Gasteiger partial charge in [0.25, 0.3) is 0 Å². The number of aromatic nitrogens is 3. The summed E-state index contributed by atoms with van der Waals surface area (Å²) < 4.78 is 41.8. The highest BCUT2D eigenvalue weighted by Crippen LogP contribution is 2.42. The number of anilines is 3. The Bertz CT molecular complexity index is 3210. The van der Waals surface area contributed by atoms with Crippen molar-refractivity contribution in [2.24, 2.45) is 5.92 Å². The molecule has 2 aromatic heterocycles. The summed E-state index contributed by atoms with van der Waals surface area (Å²) in [5.41, 5.74) is 2.97. The fraction of sp³-hybridized carbons (Fsp3) is 0.540. The summed E-state index contributed by atoms with van der Waals surface area (Å²) in [7, 11) is 5.70. The van der Waals surface area contributed by atoms with Gasteiger partial charge < -0.3 is 39.4 Å². The molecule has 18 nitrogen and oxygen atoms in total. The molecule has 3 unspecified atom stereocenters. The quantitative estimate of drug-likeness (QED) is 0.0521. The molecule has 6 aliphatic heterocycles. The monoisotopic (exact) mass is 1140 g/mol. The van der Waals surface area contributed by atoms with E-state index in [2.05, 4.69) is 61.2 Å². The lowest BCUT2D eigenvalue weighted by Gasteiger charge is -2.36. The number of piperazine rings is 1. The summed E-state index contributed by atoms with van der Waals surface area (Å²) in [5, 5.41) is 7.31. The molecule has 0 saturated carbocycles. The molecule has 83 heavy (non-hydrogen) atoms. The van der Waals surface area contributed by atoms with Crippen LogP contribution >= 0.6 is 0 Å². The van der Waals surface area contributed by atoms with Crippen molar-refractivity contribution in [3.05, 3.63) is 88.0 Å². The molecule has 11 rings (SSSR count). The molecule has 6 aliphatic rings. The number of hydrogen-bond donors (Lipinski definition) is 3. The molecule has 0 spiro atoms. The van der Waals surface area contributed by atoms with Crippen molar-refractivity contribution in [3.63, 3.8) is 0 Å². The number of benzene rings is 3. The number of nitrogens with zero attached hydrogens (tertiary/aromatic N) is 8. The van der Waals surface area contributed by atoms with Crippen molar-refractivity contribution in [1.29, 1.82) is 0 Å². The Kier molecular flexibility index (Phi) is 20.2. The van der Waals surface area contributed by atoms with E-state index in [-0.39, 0.29) is 41.2 Å². The van der Waals surface area contributed by atoms with Crippen LogP contribution in [0.5, 0.6) is 0 Å². The van der Waals surface area contributed by atoms with Crippen molar-refractivity contribution in [2.45, 2.75) is 127 Å². The molecule has 6 saturated heterocycles. The number of carbonyl (C=O) groups excluding carboxylic acids is 4. The van der Waals surface area contributed by atoms with Crippen molar-refractivity contribution in [2.75, 3.05) is 101 Å². The maximum atomic E-state index is 15.9. The van der Waals surface area contributed by atoms with Gasteiger partial charge >= 0.3 is 5.69 Å². The molecule has 4 amide bonds. The van der Waals surface area contributed by atoms with E-state index in [0.29, 0.717) is 76.6 Å². The summed E-state index contributed by atoms with van der Waals surface area (Å²) >= 11 is 0. The van der Waals surface area contributed by atoms with E-state index in [1.807, 2.05) is 48.0 Å². The largest absolute Gasteiger partial charge is 0.383 e. The molecular weight excluding hydrogens is 1060 g/mol. The predicted molar refractivity (Wildman–Crippen MR) is 319 cm³/mol. The fourth-order valence-corrected chi connectivity index (χ4v) is 13.3. The Morgan fingerprint density at radius 1 is 0.928 bits per heavy atom. The molecule has 6 fully saturated rings. The number of piperidine rings is 3. The van der Waals surface area contributed by atoms with Crippen LogP contribution in [0.2, 0.25) is 0 Å². The van der Waals surface area contributed by atoms with Gasteiger partial charge in [0.05, 0.1) is 40.6 Å². The Morgan fingerprint density at radius 2 is 1.71 bits per heavy atom. The molecular formula is C63H81F2N11O7. The van der Waals surface area contributed by atoms with Gasteiger partial charge in [0.1, 0.15) is 23.4 Å². The van der Waals surface area contributed by atoms with Gasteiger partial charge in [-0.15, -0.1) is 6.42 Å². The average molecular weight is 1140 g/mol. The number of halogens is 2. The first-order chi connectivity index (χ1) is 40.2. The number of amides is 4. The molecule has 3 N–H and O–H groups in total. The van der Waals surface area contributed by atoms with Gasteiger partial charge in [-0.1, -0.05) is 55.7 Å². The number of nitrogens with one attached hydrogen (secondary N) is 3. The van der Waals surface area contributed by atoms with Crippen LogP contribution in [-0.4, -0.2) is 171 Å². The van der Waals surface area contributed by atoms with Gasteiger partial charge in [0.2, 0.25) is 24.6 Å². The normalized spacial score (nSPS) is 22.5. The number of terminal acetylenes is 1. The maximum Gasteiger partial charge on any atom is 0.347 e. The van der Waals surface area contributed by atoms with Crippen LogP contribution in [0.25, 0.3) is 32.9 Å². The Morgan fingerprint density at radius 3 is 2.42 bits per heavy atom. The molecule has 444 valence electrons. The zero-order valence-corrected chi connectivity index (χ0v) is 48.8. The van der Waals surface area contributed by atoms with Crippen molar-refractivity contribution >= 4 is 63.5 Å². The number of H-pyrrole nitrogens is 1. The minimum Gasteiger partial charge on any atom is -0.383 e. The number of ether oxygens (including phenoxy) is 2. The van der Waals surface area contributed by atoms with E-state index < -0.39 is 29.3 Å². The van der Waals surface area contributed by atoms with Crippen LogP contribution in [0.3, 0.4) is 0 Å². The van der Waals surface area contributed by atoms with Crippen LogP contribution in [0.15, 0.2) is 59.5 Å². The van der Waals surface area contributed by atoms with Crippen molar-refractivity contribution < 1.29 is 37.4 Å². The fourth-order valence-electron chi connectivity index (χ4n) is 13.3. The zero-order chi connectivity index (χ0) is 58.8. The average Bonchev–Trinajstić information content (AvgIpc) is 3.87. The number of methoxy groups -OCH3 is 1. The van der Waals surface area contributed by atoms with Crippen LogP contribution in [-0.2, 0) is 35.2 Å². The van der Waals surface area contributed by atoms with Gasteiger partial charge in [-0.3, -0.25) is 39.3 Å². The standard InChI is InChI=1S/C27H39N5O5.C26H23F2N5O.C10H19NO/c1-29(2)26-21(4-3-5-23(26)32(19-34)24-6-7-25(35)28-27(24)36)16-30-12-8-20(9-13-30)17-37-22-10-14-31(18-33)15-11-22;1-3-6-16-14-33(12-11-29-16)25-19-13-30-23(22(28)24(19)31-26(34)32-25)18-8-5-7-15-9-10-20(27)17(4-2)21(15)18;1-10-5-3-7-11(10)9(4-6-10)8-12-2/h3-5,18-20,22,24H,6-17H2,1-2H3,(H,28,35,36);2,5,7-10,13,16,29H,3,6,11-12,14H2,1H3,(H,31,32,34);9H,3-8H2,1-2H3/t;;9?,10-/m..0/s1. The first-order valence-electron chi connectivity index (χ1n) is 29.6. The number of para-hydroxylation sites is 1. The highest BCUT2D eigenvalue weighted by atomic mass is 19.1. The molecule has 0 radical (unpaired) electrons. The van der Waals surface area contributed by atoms with Crippen LogP contribution in [0.4, 0.5) is 26.0 Å². The Labute approximate surface area is 485 Å². The summed E-state index contributed by atoms with van der Waals surface area (Å²) in [5.74, 6) is 1.32. The van der Waals surface area contributed by atoms with Crippen LogP contribution < -0.4 is 31.0 Å². The Balaban J connectivity index is 0.000000166. The summed E-state index contributed by atoms with van der Waals surface area (Å²) in [6.45, 7) is 13.8. The van der Waals surface area contributed by atoms with Gasteiger partial charge in [-0.25, -0.2) is 13.6 Å². The SMILES string of the molecule is C#Cc1c(F)ccc2cccc(-c3ncc4c(N5CCNC(CCC)C5)nc(=O)[nH]c4c3F)c12.CN(C)c1c(CN2CCC(COC3CCN(C=O)CC3)CC2)cccc1N(C=O)C1CCC(=O)NC1=O.COCC1CC[C@]2(C)CCCN12. The van der Waals surface area contributed by atoms with Gasteiger partial charge in [0, 0.05) is 108 Å².